The van der Waals surface area contributed by atoms with Crippen LogP contribution in [0.15, 0.2) is 146 Å². The average molecular weight is 703 g/mol. The predicted octanol–water partition coefficient (Wildman–Crippen LogP) is 12.5. The zero-order valence-corrected chi connectivity index (χ0v) is 31.5. The fourth-order valence-electron chi connectivity index (χ4n) is 7.82. The molecule has 8 rings (SSSR count). The van der Waals surface area contributed by atoms with Crippen molar-refractivity contribution in [2.75, 3.05) is 9.80 Å². The molecule has 6 heteroatoms. The van der Waals surface area contributed by atoms with Crippen molar-refractivity contribution in [1.82, 2.24) is 19.9 Å². The van der Waals surface area contributed by atoms with Crippen molar-refractivity contribution < 1.29 is 0 Å². The molecule has 54 heavy (non-hydrogen) atoms. The molecule has 0 atom stereocenters. The summed E-state index contributed by atoms with van der Waals surface area (Å²) in [6.07, 6.45) is 3.34. The Morgan fingerprint density at radius 2 is 1.06 bits per heavy atom. The van der Waals surface area contributed by atoms with Crippen LogP contribution in [0.5, 0.6) is 0 Å². The summed E-state index contributed by atoms with van der Waals surface area (Å²) in [5.41, 5.74) is 14.6. The third-order valence-electron chi connectivity index (χ3n) is 9.92. The van der Waals surface area contributed by atoms with Crippen molar-refractivity contribution in [2.24, 2.45) is 0 Å². The van der Waals surface area contributed by atoms with Crippen LogP contribution in [0.1, 0.15) is 33.4 Å². The Labute approximate surface area is 317 Å². The standard InChI is InChI=1S/C48H42N6/c1-31-25-33(3)46(34(4)26-31)54(47-35(5)27-32(2)28-36(47)6)40-21-19-39(20-22-40)53(44-23-24-49-30-50-44)45-29-43(51-48(52-45)38-14-8-7-9-15-38)42-18-12-16-37-13-10-11-17-41(37)42/h7-30H,1-6H3. The molecule has 0 unspecified atom stereocenters. The molecule has 0 fully saturated rings. The molecule has 6 aromatic carbocycles. The van der Waals surface area contributed by atoms with Crippen LogP contribution in [0.2, 0.25) is 0 Å². The first-order valence-electron chi connectivity index (χ1n) is 18.3. The lowest BCUT2D eigenvalue weighted by Crippen LogP contribution is -2.17. The second kappa shape index (κ2) is 14.4. The van der Waals surface area contributed by atoms with Crippen molar-refractivity contribution in [3.05, 3.63) is 179 Å². The zero-order valence-electron chi connectivity index (χ0n) is 31.5. The van der Waals surface area contributed by atoms with E-state index in [2.05, 4.69) is 166 Å². The van der Waals surface area contributed by atoms with Gasteiger partial charge in [-0.15, -0.1) is 0 Å². The number of benzene rings is 6. The molecule has 0 aliphatic heterocycles. The molecule has 2 aromatic heterocycles. The van der Waals surface area contributed by atoms with E-state index in [0.717, 1.165) is 39.0 Å². The molecular weight excluding hydrogens is 661 g/mol. The molecule has 0 aliphatic rings. The second-order valence-corrected chi connectivity index (χ2v) is 14.1. The Morgan fingerprint density at radius 1 is 0.481 bits per heavy atom. The largest absolute Gasteiger partial charge is 0.309 e. The molecule has 0 bridgehead atoms. The van der Waals surface area contributed by atoms with Crippen molar-refractivity contribution in [3.8, 4) is 22.6 Å². The van der Waals surface area contributed by atoms with Gasteiger partial charge in [0.05, 0.1) is 17.1 Å². The topological polar surface area (TPSA) is 58.0 Å². The summed E-state index contributed by atoms with van der Waals surface area (Å²) in [4.78, 5) is 23.9. The van der Waals surface area contributed by atoms with Gasteiger partial charge in [-0.1, -0.05) is 108 Å². The fourth-order valence-corrected chi connectivity index (χ4v) is 7.82. The number of hydrogen-bond acceptors (Lipinski definition) is 6. The van der Waals surface area contributed by atoms with Crippen molar-refractivity contribution in [3.63, 3.8) is 0 Å². The van der Waals surface area contributed by atoms with Gasteiger partial charge in [0, 0.05) is 34.8 Å². The molecule has 0 radical (unpaired) electrons. The average Bonchev–Trinajstić information content (AvgIpc) is 3.17. The van der Waals surface area contributed by atoms with E-state index in [0.29, 0.717) is 17.5 Å². The molecule has 6 nitrogen and oxygen atoms in total. The Balaban J connectivity index is 1.32. The number of aromatic nitrogens is 4. The first-order chi connectivity index (χ1) is 26.2. The Bertz CT molecular complexity index is 2510. The smallest absolute Gasteiger partial charge is 0.162 e. The van der Waals surface area contributed by atoms with Gasteiger partial charge in [0.15, 0.2) is 5.82 Å². The van der Waals surface area contributed by atoms with Gasteiger partial charge in [0.2, 0.25) is 0 Å². The third-order valence-corrected chi connectivity index (χ3v) is 9.92. The highest BCUT2D eigenvalue weighted by molar-refractivity contribution is 5.96. The molecular formula is C48H42N6. The molecule has 0 aliphatic carbocycles. The molecule has 0 spiro atoms. The number of rotatable bonds is 8. The Kier molecular flexibility index (Phi) is 9.18. The van der Waals surface area contributed by atoms with E-state index in [9.17, 15) is 0 Å². The second-order valence-electron chi connectivity index (χ2n) is 14.1. The lowest BCUT2D eigenvalue weighted by atomic mass is 9.98. The molecule has 0 saturated heterocycles. The van der Waals surface area contributed by atoms with Crippen LogP contribution >= 0.6 is 0 Å². The van der Waals surface area contributed by atoms with Crippen molar-refractivity contribution >= 4 is 45.2 Å². The summed E-state index contributed by atoms with van der Waals surface area (Å²) >= 11 is 0. The first kappa shape index (κ1) is 34.4. The molecule has 8 aromatic rings. The van der Waals surface area contributed by atoms with Gasteiger partial charge >= 0.3 is 0 Å². The summed E-state index contributed by atoms with van der Waals surface area (Å²) in [7, 11) is 0. The normalized spacial score (nSPS) is 11.1. The minimum absolute atomic E-state index is 0.633. The third kappa shape index (κ3) is 6.59. The van der Waals surface area contributed by atoms with Gasteiger partial charge in [0.1, 0.15) is 18.0 Å². The maximum Gasteiger partial charge on any atom is 0.162 e. The molecule has 0 amide bonds. The van der Waals surface area contributed by atoms with E-state index < -0.39 is 0 Å². The first-order valence-corrected chi connectivity index (χ1v) is 18.3. The van der Waals surface area contributed by atoms with Gasteiger partial charge in [-0.3, -0.25) is 4.90 Å². The summed E-state index contributed by atoms with van der Waals surface area (Å²) in [5.74, 6) is 2.03. The summed E-state index contributed by atoms with van der Waals surface area (Å²) in [5, 5.41) is 2.28. The highest BCUT2D eigenvalue weighted by Crippen LogP contribution is 2.44. The monoisotopic (exact) mass is 702 g/mol. The molecule has 2 heterocycles. The van der Waals surface area contributed by atoms with E-state index in [-0.39, 0.29) is 0 Å². The summed E-state index contributed by atoms with van der Waals surface area (Å²) in [6.45, 7) is 13.2. The predicted molar refractivity (Wildman–Crippen MR) is 224 cm³/mol. The van der Waals surface area contributed by atoms with Gasteiger partial charge in [-0.2, -0.15) is 0 Å². The van der Waals surface area contributed by atoms with Gasteiger partial charge in [0.25, 0.3) is 0 Å². The van der Waals surface area contributed by atoms with Crippen molar-refractivity contribution in [1.29, 1.82) is 0 Å². The Morgan fingerprint density at radius 3 is 1.67 bits per heavy atom. The highest BCUT2D eigenvalue weighted by atomic mass is 15.3. The maximum absolute atomic E-state index is 5.22. The maximum atomic E-state index is 5.22. The van der Waals surface area contributed by atoms with Crippen LogP contribution in [0.25, 0.3) is 33.4 Å². The van der Waals surface area contributed by atoms with Gasteiger partial charge in [-0.25, -0.2) is 19.9 Å². The van der Waals surface area contributed by atoms with E-state index in [4.69, 9.17) is 15.0 Å². The fraction of sp³-hybridized carbons (Fsp3) is 0.125. The summed E-state index contributed by atoms with van der Waals surface area (Å²) in [6, 6.07) is 46.7. The van der Waals surface area contributed by atoms with Gasteiger partial charge < -0.3 is 4.90 Å². The highest BCUT2D eigenvalue weighted by Gasteiger charge is 2.23. The number of anilines is 6. The number of nitrogens with zero attached hydrogens (tertiary/aromatic N) is 6. The quantitative estimate of drug-likeness (QED) is 0.157. The molecule has 264 valence electrons. The molecule has 0 N–H and O–H groups in total. The lowest BCUT2D eigenvalue weighted by Gasteiger charge is -2.32. The minimum Gasteiger partial charge on any atom is -0.309 e. The number of fused-ring (bicyclic) bond motifs is 1. The SMILES string of the molecule is Cc1cc(C)c(N(c2ccc(N(c3ccncn3)c3cc(-c4cccc5ccccc45)nc(-c4ccccc4)n3)cc2)c2c(C)cc(C)cc2C)c(C)c1. The zero-order chi connectivity index (χ0) is 37.3. The van der Waals surface area contributed by atoms with E-state index >= 15 is 0 Å². The van der Waals surface area contributed by atoms with E-state index in [1.54, 1.807) is 12.5 Å². The van der Waals surface area contributed by atoms with Crippen LogP contribution < -0.4 is 9.80 Å². The number of aryl methyl sites for hydroxylation is 6. The van der Waals surface area contributed by atoms with Crippen LogP contribution in [0.3, 0.4) is 0 Å². The number of hydrogen-bond donors (Lipinski definition) is 0. The Hall–Kier alpha value is -6.66. The van der Waals surface area contributed by atoms with Crippen LogP contribution in [0.4, 0.5) is 34.4 Å². The van der Waals surface area contributed by atoms with Gasteiger partial charge in [-0.05, 0) is 105 Å². The summed E-state index contributed by atoms with van der Waals surface area (Å²) < 4.78 is 0. The molecule has 0 saturated carbocycles. The van der Waals surface area contributed by atoms with E-state index in [1.807, 2.05) is 24.3 Å². The lowest BCUT2D eigenvalue weighted by molar-refractivity contribution is 1.07. The van der Waals surface area contributed by atoms with Crippen LogP contribution in [-0.4, -0.2) is 19.9 Å². The van der Waals surface area contributed by atoms with Crippen LogP contribution in [0, 0.1) is 41.5 Å². The van der Waals surface area contributed by atoms with Crippen molar-refractivity contribution in [2.45, 2.75) is 41.5 Å². The van der Waals surface area contributed by atoms with Crippen LogP contribution in [-0.2, 0) is 0 Å². The van der Waals surface area contributed by atoms with E-state index in [1.165, 1.54) is 44.8 Å². The minimum atomic E-state index is 0.633.